The second-order valence-corrected chi connectivity index (χ2v) is 6.56. The zero-order valence-electron chi connectivity index (χ0n) is 15.2. The molecule has 0 bridgehead atoms. The first-order valence-corrected chi connectivity index (χ1v) is 8.60. The molecule has 1 amide bonds. The molecule has 5 heteroatoms. The van der Waals surface area contributed by atoms with Crippen LogP contribution >= 0.6 is 0 Å². The number of allylic oxidation sites excluding steroid dienone is 2. The van der Waals surface area contributed by atoms with Gasteiger partial charge in [-0.2, -0.15) is 0 Å². The Hall–Kier alpha value is -3.47. The van der Waals surface area contributed by atoms with Gasteiger partial charge in [-0.1, -0.05) is 18.2 Å². The van der Waals surface area contributed by atoms with Crippen LogP contribution in [0.2, 0.25) is 0 Å². The lowest BCUT2D eigenvalue weighted by atomic mass is 10.0. The van der Waals surface area contributed by atoms with Crippen LogP contribution in [0.25, 0.3) is 16.5 Å². The van der Waals surface area contributed by atoms with E-state index >= 15 is 0 Å². The van der Waals surface area contributed by atoms with E-state index in [4.69, 9.17) is 13.9 Å². The van der Waals surface area contributed by atoms with E-state index in [1.807, 2.05) is 50.3 Å². The quantitative estimate of drug-likeness (QED) is 0.640. The first kappa shape index (κ1) is 17.0. The summed E-state index contributed by atoms with van der Waals surface area (Å²) < 4.78 is 16.6. The lowest BCUT2D eigenvalue weighted by molar-refractivity contribution is 0.147. The van der Waals surface area contributed by atoms with Gasteiger partial charge in [0.15, 0.2) is 6.61 Å². The predicted molar refractivity (Wildman–Crippen MR) is 105 cm³/mol. The van der Waals surface area contributed by atoms with Crippen molar-refractivity contribution in [2.24, 2.45) is 0 Å². The van der Waals surface area contributed by atoms with Crippen LogP contribution in [0.15, 0.2) is 65.3 Å². The van der Waals surface area contributed by atoms with Gasteiger partial charge in [-0.05, 0) is 55.8 Å². The van der Waals surface area contributed by atoms with Gasteiger partial charge in [0.2, 0.25) is 0 Å². The lowest BCUT2D eigenvalue weighted by Crippen LogP contribution is -2.13. The number of rotatable bonds is 3. The molecular formula is C22H19NO4. The fourth-order valence-electron chi connectivity index (χ4n) is 3.08. The van der Waals surface area contributed by atoms with Gasteiger partial charge in [-0.3, -0.25) is 5.32 Å². The zero-order chi connectivity index (χ0) is 19.0. The van der Waals surface area contributed by atoms with Crippen molar-refractivity contribution >= 4 is 28.3 Å². The highest BCUT2D eigenvalue weighted by atomic mass is 16.6. The Kier molecular flexibility index (Phi) is 4.20. The SMILES string of the molecule is C=C1C=C(C)c2ccc(NC(=O)OCc3cc4cc(C)ccc4o3)cc2O1. The maximum absolute atomic E-state index is 12.1. The fraction of sp³-hybridized carbons (Fsp3) is 0.136. The predicted octanol–water partition coefficient (Wildman–Crippen LogP) is 5.80. The topological polar surface area (TPSA) is 60.7 Å². The van der Waals surface area contributed by atoms with Crippen LogP contribution < -0.4 is 10.1 Å². The molecule has 136 valence electrons. The molecular weight excluding hydrogens is 342 g/mol. The second-order valence-electron chi connectivity index (χ2n) is 6.56. The maximum Gasteiger partial charge on any atom is 0.412 e. The van der Waals surface area contributed by atoms with E-state index in [2.05, 4.69) is 11.9 Å². The summed E-state index contributed by atoms with van der Waals surface area (Å²) in [6.07, 6.45) is 1.31. The minimum atomic E-state index is -0.562. The first-order valence-electron chi connectivity index (χ1n) is 8.60. The van der Waals surface area contributed by atoms with Gasteiger partial charge in [0.05, 0.1) is 0 Å². The number of benzene rings is 2. The van der Waals surface area contributed by atoms with E-state index < -0.39 is 6.09 Å². The molecule has 2 heterocycles. The minimum absolute atomic E-state index is 0.0552. The van der Waals surface area contributed by atoms with E-state index in [1.165, 1.54) is 0 Å². The van der Waals surface area contributed by atoms with E-state index in [1.54, 1.807) is 12.1 Å². The number of carbonyl (C=O) groups is 1. The monoisotopic (exact) mass is 361 g/mol. The number of furan rings is 1. The number of amides is 1. The minimum Gasteiger partial charge on any atom is -0.457 e. The van der Waals surface area contributed by atoms with E-state index in [-0.39, 0.29) is 6.61 Å². The molecule has 0 atom stereocenters. The average molecular weight is 361 g/mol. The summed E-state index contributed by atoms with van der Waals surface area (Å²) in [5, 5.41) is 3.69. The van der Waals surface area contributed by atoms with Gasteiger partial charge in [-0.25, -0.2) is 4.79 Å². The molecule has 1 aromatic heterocycles. The Morgan fingerprint density at radius 1 is 1.15 bits per heavy atom. The Morgan fingerprint density at radius 2 is 2.00 bits per heavy atom. The molecule has 0 unspecified atom stereocenters. The third kappa shape index (κ3) is 3.58. The molecule has 0 radical (unpaired) electrons. The number of fused-ring (bicyclic) bond motifs is 2. The van der Waals surface area contributed by atoms with Crippen LogP contribution in [0.3, 0.4) is 0 Å². The highest BCUT2D eigenvalue weighted by molar-refractivity contribution is 5.86. The molecule has 3 aromatic rings. The van der Waals surface area contributed by atoms with E-state index in [9.17, 15) is 4.79 Å². The number of ether oxygens (including phenoxy) is 2. The number of aryl methyl sites for hydroxylation is 1. The highest BCUT2D eigenvalue weighted by Gasteiger charge is 2.15. The van der Waals surface area contributed by atoms with Crippen molar-refractivity contribution in [3.05, 3.63) is 77.8 Å². The van der Waals surface area contributed by atoms with Gasteiger partial charge in [0.25, 0.3) is 0 Å². The molecule has 4 rings (SSSR count). The Balaban J connectivity index is 1.41. The largest absolute Gasteiger partial charge is 0.457 e. The maximum atomic E-state index is 12.1. The summed E-state index contributed by atoms with van der Waals surface area (Å²) in [4.78, 5) is 12.1. The van der Waals surface area contributed by atoms with Gasteiger partial charge >= 0.3 is 6.09 Å². The first-order chi connectivity index (χ1) is 13.0. The standard InChI is InChI=1S/C22H19NO4/c1-13-4-7-20-16(8-13)10-18(27-20)12-25-22(24)23-17-5-6-19-14(2)9-15(3)26-21(19)11-17/h4-11H,3,12H2,1-2H3,(H,23,24). The second kappa shape index (κ2) is 6.68. The number of anilines is 1. The summed E-state index contributed by atoms with van der Waals surface area (Å²) in [5.74, 6) is 1.82. The third-order valence-electron chi connectivity index (χ3n) is 4.34. The molecule has 2 aromatic carbocycles. The van der Waals surface area contributed by atoms with Crippen LogP contribution in [-0.4, -0.2) is 6.09 Å². The number of carbonyl (C=O) groups excluding carboxylic acids is 1. The molecule has 1 aliphatic rings. The van der Waals surface area contributed by atoms with Gasteiger partial charge in [0, 0.05) is 22.7 Å². The summed E-state index contributed by atoms with van der Waals surface area (Å²) in [6.45, 7) is 7.88. The van der Waals surface area contributed by atoms with Crippen molar-refractivity contribution in [1.82, 2.24) is 0 Å². The molecule has 0 aliphatic carbocycles. The highest BCUT2D eigenvalue weighted by Crippen LogP contribution is 2.34. The molecule has 5 nitrogen and oxygen atoms in total. The van der Waals surface area contributed by atoms with Crippen molar-refractivity contribution in [3.8, 4) is 5.75 Å². The Bertz CT molecular complexity index is 1090. The van der Waals surface area contributed by atoms with Gasteiger partial charge in [0.1, 0.15) is 22.9 Å². The summed E-state index contributed by atoms with van der Waals surface area (Å²) in [6, 6.07) is 13.2. The van der Waals surface area contributed by atoms with Gasteiger partial charge in [-0.15, -0.1) is 0 Å². The molecule has 1 N–H and O–H groups in total. The summed E-state index contributed by atoms with van der Waals surface area (Å²) >= 11 is 0. The number of hydrogen-bond donors (Lipinski definition) is 1. The van der Waals surface area contributed by atoms with E-state index in [0.29, 0.717) is 23.0 Å². The van der Waals surface area contributed by atoms with Crippen molar-refractivity contribution in [2.75, 3.05) is 5.32 Å². The van der Waals surface area contributed by atoms with Crippen molar-refractivity contribution < 1.29 is 18.7 Å². The molecule has 0 spiro atoms. The molecule has 0 saturated carbocycles. The van der Waals surface area contributed by atoms with Crippen LogP contribution in [0.1, 0.15) is 23.8 Å². The van der Waals surface area contributed by atoms with E-state index in [0.717, 1.165) is 27.7 Å². The van der Waals surface area contributed by atoms with Crippen LogP contribution in [0.4, 0.5) is 10.5 Å². The Labute approximate surface area is 156 Å². The van der Waals surface area contributed by atoms with Gasteiger partial charge < -0.3 is 13.9 Å². The molecule has 0 saturated heterocycles. The average Bonchev–Trinajstić information content (AvgIpc) is 3.01. The van der Waals surface area contributed by atoms with Crippen LogP contribution in [-0.2, 0) is 11.3 Å². The lowest BCUT2D eigenvalue weighted by Gasteiger charge is -2.18. The third-order valence-corrected chi connectivity index (χ3v) is 4.34. The Morgan fingerprint density at radius 3 is 2.85 bits per heavy atom. The smallest absolute Gasteiger partial charge is 0.412 e. The summed E-state index contributed by atoms with van der Waals surface area (Å²) in [5.41, 5.74) is 4.54. The molecule has 0 fully saturated rings. The number of nitrogens with one attached hydrogen (secondary N) is 1. The van der Waals surface area contributed by atoms with Crippen LogP contribution in [0, 0.1) is 6.92 Å². The summed E-state index contributed by atoms with van der Waals surface area (Å²) in [7, 11) is 0. The molecule has 27 heavy (non-hydrogen) atoms. The van der Waals surface area contributed by atoms with Crippen molar-refractivity contribution in [1.29, 1.82) is 0 Å². The van der Waals surface area contributed by atoms with Crippen molar-refractivity contribution in [3.63, 3.8) is 0 Å². The zero-order valence-corrected chi connectivity index (χ0v) is 15.2. The fourth-order valence-corrected chi connectivity index (χ4v) is 3.08. The molecule has 1 aliphatic heterocycles. The van der Waals surface area contributed by atoms with Crippen molar-refractivity contribution in [2.45, 2.75) is 20.5 Å². The normalized spacial score (nSPS) is 13.0. The number of hydrogen-bond acceptors (Lipinski definition) is 4. The van der Waals surface area contributed by atoms with Crippen LogP contribution in [0.5, 0.6) is 5.75 Å².